The zero-order chi connectivity index (χ0) is 12.3. The molecule has 0 spiro atoms. The average molecular weight is 288 g/mol. The first-order chi connectivity index (χ1) is 7.40. The van der Waals surface area contributed by atoms with Gasteiger partial charge in [0.2, 0.25) is 0 Å². The Morgan fingerprint density at radius 2 is 1.94 bits per heavy atom. The smallest absolute Gasteiger partial charge is 0.144 e. The second-order valence-corrected chi connectivity index (χ2v) is 5.38. The van der Waals surface area contributed by atoms with Gasteiger partial charge in [-0.25, -0.2) is 9.97 Å². The first-order valence-electron chi connectivity index (χ1n) is 5.13. The highest BCUT2D eigenvalue weighted by Crippen LogP contribution is 2.28. The van der Waals surface area contributed by atoms with Gasteiger partial charge in [0.15, 0.2) is 0 Å². The Morgan fingerprint density at radius 1 is 1.31 bits per heavy atom. The van der Waals surface area contributed by atoms with Gasteiger partial charge in [-0.15, -0.1) is 0 Å². The van der Waals surface area contributed by atoms with Crippen LogP contribution in [-0.4, -0.2) is 24.1 Å². The van der Waals surface area contributed by atoms with Gasteiger partial charge >= 0.3 is 0 Å². The van der Waals surface area contributed by atoms with E-state index in [9.17, 15) is 0 Å². The highest BCUT2D eigenvalue weighted by Gasteiger charge is 2.21. The second kappa shape index (κ2) is 5.10. The van der Waals surface area contributed by atoms with Crippen LogP contribution in [0.3, 0.4) is 0 Å². The van der Waals surface area contributed by atoms with Crippen LogP contribution in [-0.2, 0) is 16.8 Å². The number of halogens is 1. The van der Waals surface area contributed by atoms with Crippen molar-refractivity contribution in [2.24, 2.45) is 0 Å². The fraction of sp³-hybridized carbons (Fsp3) is 0.636. The third-order valence-corrected chi connectivity index (χ3v) is 2.94. The molecule has 0 radical (unpaired) electrons. The molecule has 0 saturated carbocycles. The SMILES string of the molecule is CNc1nc(C(C)(C)C)nc(COC)c1Br. The number of nitrogens with zero attached hydrogens (tertiary/aromatic N) is 2. The van der Waals surface area contributed by atoms with Crippen molar-refractivity contribution in [2.45, 2.75) is 32.8 Å². The number of rotatable bonds is 3. The molecule has 1 rings (SSSR count). The van der Waals surface area contributed by atoms with E-state index < -0.39 is 0 Å². The van der Waals surface area contributed by atoms with Crippen molar-refractivity contribution in [2.75, 3.05) is 19.5 Å². The Morgan fingerprint density at radius 3 is 2.38 bits per heavy atom. The summed E-state index contributed by atoms with van der Waals surface area (Å²) in [4.78, 5) is 9.00. The molecular weight excluding hydrogens is 270 g/mol. The lowest BCUT2D eigenvalue weighted by atomic mass is 9.95. The van der Waals surface area contributed by atoms with E-state index in [0.717, 1.165) is 21.8 Å². The van der Waals surface area contributed by atoms with Crippen molar-refractivity contribution in [3.05, 3.63) is 16.0 Å². The van der Waals surface area contributed by atoms with Gasteiger partial charge in [0.25, 0.3) is 0 Å². The molecule has 16 heavy (non-hydrogen) atoms. The van der Waals surface area contributed by atoms with E-state index in [-0.39, 0.29) is 5.41 Å². The molecule has 1 heterocycles. The monoisotopic (exact) mass is 287 g/mol. The maximum Gasteiger partial charge on any atom is 0.144 e. The van der Waals surface area contributed by atoms with Crippen molar-refractivity contribution >= 4 is 21.7 Å². The summed E-state index contributed by atoms with van der Waals surface area (Å²) in [6.07, 6.45) is 0. The minimum absolute atomic E-state index is 0.0746. The van der Waals surface area contributed by atoms with E-state index in [0.29, 0.717) is 6.61 Å². The highest BCUT2D eigenvalue weighted by molar-refractivity contribution is 9.10. The minimum atomic E-state index is -0.0746. The summed E-state index contributed by atoms with van der Waals surface area (Å²) in [6.45, 7) is 6.74. The normalized spacial score (nSPS) is 11.6. The first-order valence-corrected chi connectivity index (χ1v) is 5.93. The van der Waals surface area contributed by atoms with E-state index in [1.165, 1.54) is 0 Å². The van der Waals surface area contributed by atoms with Crippen molar-refractivity contribution in [3.63, 3.8) is 0 Å². The number of aromatic nitrogens is 2. The van der Waals surface area contributed by atoms with Crippen LogP contribution in [0.5, 0.6) is 0 Å². The minimum Gasteiger partial charge on any atom is -0.378 e. The van der Waals surface area contributed by atoms with Crippen molar-refractivity contribution < 1.29 is 4.74 Å². The number of hydrogen-bond acceptors (Lipinski definition) is 4. The largest absolute Gasteiger partial charge is 0.378 e. The Hall–Kier alpha value is -0.680. The molecule has 0 atom stereocenters. The van der Waals surface area contributed by atoms with Crippen LogP contribution in [0.1, 0.15) is 32.3 Å². The predicted molar refractivity (Wildman–Crippen MR) is 68.7 cm³/mol. The maximum absolute atomic E-state index is 5.13. The fourth-order valence-electron chi connectivity index (χ4n) is 1.23. The van der Waals surface area contributed by atoms with Gasteiger partial charge in [-0.05, 0) is 15.9 Å². The molecule has 4 nitrogen and oxygen atoms in total. The van der Waals surface area contributed by atoms with Gasteiger partial charge in [-0.2, -0.15) is 0 Å². The third kappa shape index (κ3) is 2.92. The molecule has 0 amide bonds. The zero-order valence-corrected chi connectivity index (χ0v) is 12.0. The maximum atomic E-state index is 5.13. The summed E-state index contributed by atoms with van der Waals surface area (Å²) >= 11 is 3.48. The summed E-state index contributed by atoms with van der Waals surface area (Å²) in [7, 11) is 3.50. The standard InChI is InChI=1S/C11H18BrN3O/c1-11(2,3)10-14-7(6-16-5)8(12)9(13-4)15-10/h6H2,1-5H3,(H,13,14,15). The summed E-state index contributed by atoms with van der Waals surface area (Å²) in [5.41, 5.74) is 0.793. The van der Waals surface area contributed by atoms with Crippen LogP contribution >= 0.6 is 15.9 Å². The summed E-state index contributed by atoms with van der Waals surface area (Å²) in [5, 5.41) is 3.05. The number of anilines is 1. The summed E-state index contributed by atoms with van der Waals surface area (Å²) < 4.78 is 5.99. The Balaban J connectivity index is 3.28. The van der Waals surface area contributed by atoms with Gasteiger partial charge in [-0.1, -0.05) is 20.8 Å². The van der Waals surface area contributed by atoms with Crippen molar-refractivity contribution in [1.82, 2.24) is 9.97 Å². The van der Waals surface area contributed by atoms with Gasteiger partial charge < -0.3 is 10.1 Å². The Bertz CT molecular complexity index is 374. The lowest BCUT2D eigenvalue weighted by Crippen LogP contribution is -2.18. The molecule has 0 fully saturated rings. The van der Waals surface area contributed by atoms with E-state index in [1.54, 1.807) is 7.11 Å². The van der Waals surface area contributed by atoms with Gasteiger partial charge in [0, 0.05) is 19.6 Å². The van der Waals surface area contributed by atoms with E-state index >= 15 is 0 Å². The Kier molecular flexibility index (Phi) is 4.27. The first kappa shape index (κ1) is 13.4. The van der Waals surface area contributed by atoms with Crippen LogP contribution in [0.4, 0.5) is 5.82 Å². The van der Waals surface area contributed by atoms with Crippen LogP contribution in [0, 0.1) is 0 Å². The number of ether oxygens (including phenoxy) is 1. The Labute approximate surface area is 105 Å². The van der Waals surface area contributed by atoms with E-state index in [4.69, 9.17) is 4.74 Å². The van der Waals surface area contributed by atoms with Crippen LogP contribution in [0.25, 0.3) is 0 Å². The molecule has 90 valence electrons. The lowest BCUT2D eigenvalue weighted by molar-refractivity contribution is 0.180. The molecule has 0 unspecified atom stereocenters. The lowest BCUT2D eigenvalue weighted by Gasteiger charge is -2.19. The molecule has 5 heteroatoms. The molecule has 0 aromatic carbocycles. The molecule has 0 aliphatic heterocycles. The van der Waals surface area contributed by atoms with Crippen molar-refractivity contribution in [3.8, 4) is 0 Å². The summed E-state index contributed by atoms with van der Waals surface area (Å²) in [6, 6.07) is 0. The van der Waals surface area contributed by atoms with Gasteiger partial charge in [-0.3, -0.25) is 0 Å². The third-order valence-electron chi connectivity index (χ3n) is 2.11. The second-order valence-electron chi connectivity index (χ2n) is 4.59. The quantitative estimate of drug-likeness (QED) is 0.929. The number of hydrogen-bond donors (Lipinski definition) is 1. The molecule has 1 aromatic heterocycles. The highest BCUT2D eigenvalue weighted by atomic mass is 79.9. The van der Waals surface area contributed by atoms with Crippen molar-refractivity contribution in [1.29, 1.82) is 0 Å². The molecule has 0 aliphatic carbocycles. The zero-order valence-electron chi connectivity index (χ0n) is 10.4. The summed E-state index contributed by atoms with van der Waals surface area (Å²) in [5.74, 6) is 1.61. The molecule has 0 saturated heterocycles. The van der Waals surface area contributed by atoms with Crippen LogP contribution < -0.4 is 5.32 Å². The molecular formula is C11H18BrN3O. The molecule has 0 bridgehead atoms. The number of nitrogens with one attached hydrogen (secondary N) is 1. The average Bonchev–Trinajstić information content (AvgIpc) is 2.19. The van der Waals surface area contributed by atoms with Gasteiger partial charge in [0.1, 0.15) is 11.6 Å². The number of methoxy groups -OCH3 is 1. The topological polar surface area (TPSA) is 47.0 Å². The van der Waals surface area contributed by atoms with Gasteiger partial charge in [0.05, 0.1) is 16.8 Å². The molecule has 0 aliphatic rings. The fourth-order valence-corrected chi connectivity index (χ4v) is 1.72. The molecule has 1 aromatic rings. The van der Waals surface area contributed by atoms with Crippen LogP contribution in [0.15, 0.2) is 4.47 Å². The predicted octanol–water partition coefficient (Wildman–Crippen LogP) is 2.72. The molecule has 1 N–H and O–H groups in total. The van der Waals surface area contributed by atoms with Crippen LogP contribution in [0.2, 0.25) is 0 Å². The van der Waals surface area contributed by atoms with E-state index in [1.807, 2.05) is 7.05 Å². The van der Waals surface area contributed by atoms with E-state index in [2.05, 4.69) is 52.0 Å².